The van der Waals surface area contributed by atoms with Crippen LogP contribution >= 0.6 is 0 Å². The van der Waals surface area contributed by atoms with Gasteiger partial charge in [-0.3, -0.25) is 9.80 Å². The molecule has 3 aliphatic rings. The minimum atomic E-state index is 0.742. The van der Waals surface area contributed by atoms with E-state index in [1.54, 1.807) is 0 Å². The van der Waals surface area contributed by atoms with E-state index in [0.717, 1.165) is 30.6 Å². The SMILES string of the molecule is CCNC1CCC(C)CC1N1CCN2CCCCC2C1. The van der Waals surface area contributed by atoms with Crippen LogP contribution in [0.4, 0.5) is 0 Å². The zero-order valence-electron chi connectivity index (χ0n) is 13.5. The molecule has 0 radical (unpaired) electrons. The molecule has 0 aromatic heterocycles. The van der Waals surface area contributed by atoms with Crippen LogP contribution < -0.4 is 5.32 Å². The van der Waals surface area contributed by atoms with Crippen LogP contribution in [0.1, 0.15) is 52.4 Å². The van der Waals surface area contributed by atoms with Crippen molar-refractivity contribution in [3.05, 3.63) is 0 Å². The smallest absolute Gasteiger partial charge is 0.0253 e. The van der Waals surface area contributed by atoms with E-state index in [1.165, 1.54) is 64.7 Å². The van der Waals surface area contributed by atoms with Gasteiger partial charge in [0.15, 0.2) is 0 Å². The van der Waals surface area contributed by atoms with Crippen molar-refractivity contribution in [1.82, 2.24) is 15.1 Å². The number of piperidine rings is 1. The van der Waals surface area contributed by atoms with Crippen LogP contribution in [-0.2, 0) is 0 Å². The van der Waals surface area contributed by atoms with Crippen molar-refractivity contribution >= 4 is 0 Å². The average Bonchev–Trinajstić information content (AvgIpc) is 2.49. The molecule has 0 bridgehead atoms. The molecule has 1 aliphatic carbocycles. The average molecular weight is 279 g/mol. The Labute approximate surface area is 125 Å². The molecule has 2 saturated heterocycles. The monoisotopic (exact) mass is 279 g/mol. The molecule has 3 fully saturated rings. The summed E-state index contributed by atoms with van der Waals surface area (Å²) in [5, 5.41) is 3.77. The topological polar surface area (TPSA) is 18.5 Å². The normalized spacial score (nSPS) is 40.5. The number of nitrogens with one attached hydrogen (secondary N) is 1. The number of hydrogen-bond acceptors (Lipinski definition) is 3. The Morgan fingerprint density at radius 3 is 2.70 bits per heavy atom. The van der Waals surface area contributed by atoms with Gasteiger partial charge in [-0.2, -0.15) is 0 Å². The van der Waals surface area contributed by atoms with E-state index in [9.17, 15) is 0 Å². The highest BCUT2D eigenvalue weighted by atomic mass is 15.3. The zero-order chi connectivity index (χ0) is 13.9. The molecular weight excluding hydrogens is 246 g/mol. The molecule has 0 aromatic carbocycles. The first kappa shape index (κ1) is 14.8. The van der Waals surface area contributed by atoms with E-state index in [-0.39, 0.29) is 0 Å². The van der Waals surface area contributed by atoms with E-state index in [2.05, 4.69) is 29.0 Å². The van der Waals surface area contributed by atoms with Crippen LogP contribution in [0, 0.1) is 5.92 Å². The van der Waals surface area contributed by atoms with Gasteiger partial charge in [-0.25, -0.2) is 0 Å². The van der Waals surface area contributed by atoms with Crippen LogP contribution in [0.3, 0.4) is 0 Å². The fourth-order valence-electron chi connectivity index (χ4n) is 4.74. The van der Waals surface area contributed by atoms with Crippen molar-refractivity contribution in [2.45, 2.75) is 70.5 Å². The quantitative estimate of drug-likeness (QED) is 0.855. The number of likely N-dealkylation sites (N-methyl/N-ethyl adjacent to an activating group) is 1. The first-order valence-corrected chi connectivity index (χ1v) is 8.99. The number of piperazine rings is 1. The van der Waals surface area contributed by atoms with Crippen molar-refractivity contribution in [3.63, 3.8) is 0 Å². The maximum absolute atomic E-state index is 3.77. The highest BCUT2D eigenvalue weighted by molar-refractivity contribution is 4.95. The van der Waals surface area contributed by atoms with Crippen LogP contribution in [0.2, 0.25) is 0 Å². The molecule has 3 rings (SSSR count). The number of fused-ring (bicyclic) bond motifs is 1. The summed E-state index contributed by atoms with van der Waals surface area (Å²) in [4.78, 5) is 5.60. The molecule has 1 N–H and O–H groups in total. The summed E-state index contributed by atoms with van der Waals surface area (Å²) >= 11 is 0. The lowest BCUT2D eigenvalue weighted by Gasteiger charge is -2.50. The first-order chi connectivity index (χ1) is 9.78. The highest BCUT2D eigenvalue weighted by Crippen LogP contribution is 2.30. The maximum atomic E-state index is 3.77. The fraction of sp³-hybridized carbons (Fsp3) is 1.00. The summed E-state index contributed by atoms with van der Waals surface area (Å²) in [6.07, 6.45) is 8.51. The summed E-state index contributed by atoms with van der Waals surface area (Å²) in [5.74, 6) is 0.916. The van der Waals surface area contributed by atoms with E-state index < -0.39 is 0 Å². The summed E-state index contributed by atoms with van der Waals surface area (Å²) in [7, 11) is 0. The van der Waals surface area contributed by atoms with Gasteiger partial charge in [0.05, 0.1) is 0 Å². The van der Waals surface area contributed by atoms with Crippen LogP contribution in [0.5, 0.6) is 0 Å². The van der Waals surface area contributed by atoms with Crippen LogP contribution in [-0.4, -0.2) is 60.6 Å². The minimum Gasteiger partial charge on any atom is -0.313 e. The standard InChI is InChI=1S/C17H33N3/c1-3-18-16-8-7-14(2)12-17(16)20-11-10-19-9-5-4-6-15(19)13-20/h14-18H,3-13H2,1-2H3. The van der Waals surface area contributed by atoms with Gasteiger partial charge < -0.3 is 5.32 Å². The van der Waals surface area contributed by atoms with Gasteiger partial charge in [-0.15, -0.1) is 0 Å². The Morgan fingerprint density at radius 2 is 1.85 bits per heavy atom. The Bertz CT molecular complexity index is 307. The second-order valence-electron chi connectivity index (χ2n) is 7.33. The van der Waals surface area contributed by atoms with Gasteiger partial charge in [0.2, 0.25) is 0 Å². The molecule has 116 valence electrons. The largest absolute Gasteiger partial charge is 0.313 e. The first-order valence-electron chi connectivity index (χ1n) is 8.99. The molecule has 1 saturated carbocycles. The summed E-state index contributed by atoms with van der Waals surface area (Å²) in [5.41, 5.74) is 0. The van der Waals surface area contributed by atoms with Crippen molar-refractivity contribution in [2.75, 3.05) is 32.7 Å². The lowest BCUT2D eigenvalue weighted by molar-refractivity contribution is 0.00303. The van der Waals surface area contributed by atoms with Crippen molar-refractivity contribution in [1.29, 1.82) is 0 Å². The summed E-state index contributed by atoms with van der Waals surface area (Å²) in [6.45, 7) is 11.1. The van der Waals surface area contributed by atoms with Crippen molar-refractivity contribution in [2.24, 2.45) is 5.92 Å². The molecule has 20 heavy (non-hydrogen) atoms. The van der Waals surface area contributed by atoms with Crippen molar-refractivity contribution in [3.8, 4) is 0 Å². The van der Waals surface area contributed by atoms with Gasteiger partial charge >= 0.3 is 0 Å². The fourth-order valence-corrected chi connectivity index (χ4v) is 4.74. The van der Waals surface area contributed by atoms with Gasteiger partial charge in [0.1, 0.15) is 0 Å². The van der Waals surface area contributed by atoms with E-state index >= 15 is 0 Å². The van der Waals surface area contributed by atoms with Gasteiger partial charge in [-0.05, 0) is 51.1 Å². The molecule has 4 atom stereocenters. The Balaban J connectivity index is 1.63. The molecule has 2 aliphatic heterocycles. The Morgan fingerprint density at radius 1 is 1.00 bits per heavy atom. The molecular formula is C17H33N3. The summed E-state index contributed by atoms with van der Waals surface area (Å²) < 4.78 is 0. The third-order valence-corrected chi connectivity index (χ3v) is 5.88. The number of rotatable bonds is 3. The van der Waals surface area contributed by atoms with E-state index in [0.29, 0.717) is 0 Å². The molecule has 4 unspecified atom stereocenters. The summed E-state index contributed by atoms with van der Waals surface area (Å²) in [6, 6.07) is 2.39. The molecule has 2 heterocycles. The van der Waals surface area contributed by atoms with Crippen molar-refractivity contribution < 1.29 is 0 Å². The molecule has 3 nitrogen and oxygen atoms in total. The third kappa shape index (κ3) is 3.20. The lowest BCUT2D eigenvalue weighted by atomic mass is 9.81. The number of hydrogen-bond donors (Lipinski definition) is 1. The molecule has 0 spiro atoms. The third-order valence-electron chi connectivity index (χ3n) is 5.88. The van der Waals surface area contributed by atoms with Gasteiger partial charge in [0.25, 0.3) is 0 Å². The second-order valence-corrected chi connectivity index (χ2v) is 7.33. The molecule has 0 aromatic rings. The zero-order valence-corrected chi connectivity index (χ0v) is 13.5. The highest BCUT2D eigenvalue weighted by Gasteiger charge is 2.37. The minimum absolute atomic E-state index is 0.742. The molecule has 3 heteroatoms. The van der Waals surface area contributed by atoms with E-state index in [4.69, 9.17) is 0 Å². The second kappa shape index (κ2) is 6.76. The van der Waals surface area contributed by atoms with Crippen LogP contribution in [0.15, 0.2) is 0 Å². The van der Waals surface area contributed by atoms with Gasteiger partial charge in [0, 0.05) is 37.8 Å². The Hall–Kier alpha value is -0.120. The predicted octanol–water partition coefficient (Wildman–Crippen LogP) is 2.32. The number of nitrogens with zero attached hydrogens (tertiary/aromatic N) is 2. The van der Waals surface area contributed by atoms with Crippen LogP contribution in [0.25, 0.3) is 0 Å². The Kier molecular flexibility index (Phi) is 5.00. The lowest BCUT2D eigenvalue weighted by Crippen LogP contribution is -2.61. The maximum Gasteiger partial charge on any atom is 0.0253 e. The predicted molar refractivity (Wildman–Crippen MR) is 85.1 cm³/mol. The van der Waals surface area contributed by atoms with Gasteiger partial charge in [-0.1, -0.05) is 20.3 Å². The molecule has 0 amide bonds. The van der Waals surface area contributed by atoms with E-state index in [1.807, 2.05) is 0 Å².